The number of hydrogen-bond acceptors (Lipinski definition) is 8. The summed E-state index contributed by atoms with van der Waals surface area (Å²) in [5.74, 6) is -1.06. The Kier molecular flexibility index (Phi) is 5.99. The summed E-state index contributed by atoms with van der Waals surface area (Å²) in [7, 11) is 1.23. The van der Waals surface area contributed by atoms with Crippen molar-refractivity contribution in [2.75, 3.05) is 43.5 Å². The van der Waals surface area contributed by atoms with Crippen molar-refractivity contribution in [1.82, 2.24) is 14.9 Å². The van der Waals surface area contributed by atoms with E-state index in [4.69, 9.17) is 4.74 Å². The zero-order valence-electron chi connectivity index (χ0n) is 17.4. The Hall–Kier alpha value is -3.27. The SMILES string of the molecule is CCC1Oc2ncc(CN3CCN(c4ccc(C(=O)OC)nc4F)CC3)cc2NC1=O. The third kappa shape index (κ3) is 4.43. The lowest BCUT2D eigenvalue weighted by molar-refractivity contribution is -0.123. The van der Waals surface area contributed by atoms with Crippen molar-refractivity contribution >= 4 is 23.3 Å². The number of halogens is 1. The smallest absolute Gasteiger partial charge is 0.356 e. The van der Waals surface area contributed by atoms with Crippen LogP contribution in [0.4, 0.5) is 15.8 Å². The van der Waals surface area contributed by atoms with Gasteiger partial charge in [-0.25, -0.2) is 14.8 Å². The molecule has 1 atom stereocenters. The molecule has 0 bridgehead atoms. The van der Waals surface area contributed by atoms with Gasteiger partial charge in [-0.3, -0.25) is 9.69 Å². The lowest BCUT2D eigenvalue weighted by atomic mass is 10.1. The predicted molar refractivity (Wildman–Crippen MR) is 111 cm³/mol. The third-order valence-corrected chi connectivity index (χ3v) is 5.43. The lowest BCUT2D eigenvalue weighted by Gasteiger charge is -2.36. The van der Waals surface area contributed by atoms with Crippen molar-refractivity contribution in [3.63, 3.8) is 0 Å². The molecule has 9 nitrogen and oxygen atoms in total. The summed E-state index contributed by atoms with van der Waals surface area (Å²) in [6.07, 6.45) is 1.83. The minimum atomic E-state index is -0.684. The Morgan fingerprint density at radius 3 is 2.77 bits per heavy atom. The highest BCUT2D eigenvalue weighted by Crippen LogP contribution is 2.29. The van der Waals surface area contributed by atoms with Gasteiger partial charge in [-0.2, -0.15) is 4.39 Å². The van der Waals surface area contributed by atoms with Crippen molar-refractivity contribution in [2.45, 2.75) is 26.0 Å². The molecule has 1 unspecified atom stereocenters. The molecule has 0 aliphatic carbocycles. The fourth-order valence-corrected chi connectivity index (χ4v) is 3.72. The number of anilines is 2. The number of hydrogen-bond donors (Lipinski definition) is 1. The summed E-state index contributed by atoms with van der Waals surface area (Å²) in [5.41, 5.74) is 1.86. The number of fused-ring (bicyclic) bond motifs is 1. The van der Waals surface area contributed by atoms with Gasteiger partial charge in [-0.15, -0.1) is 0 Å². The van der Waals surface area contributed by atoms with Crippen molar-refractivity contribution in [2.24, 2.45) is 0 Å². The molecule has 2 aromatic heterocycles. The van der Waals surface area contributed by atoms with Crippen molar-refractivity contribution in [3.8, 4) is 5.88 Å². The highest BCUT2D eigenvalue weighted by molar-refractivity contribution is 5.97. The molecule has 1 amide bonds. The summed E-state index contributed by atoms with van der Waals surface area (Å²) in [4.78, 5) is 35.7. The highest BCUT2D eigenvalue weighted by atomic mass is 19.1. The van der Waals surface area contributed by atoms with Crippen molar-refractivity contribution < 1.29 is 23.5 Å². The Labute approximate surface area is 179 Å². The van der Waals surface area contributed by atoms with Gasteiger partial charge in [-0.05, 0) is 30.2 Å². The number of rotatable bonds is 5. The van der Waals surface area contributed by atoms with E-state index in [-0.39, 0.29) is 11.6 Å². The number of nitrogens with one attached hydrogen (secondary N) is 1. The minimum Gasteiger partial charge on any atom is -0.464 e. The normalized spacial score (nSPS) is 18.7. The highest BCUT2D eigenvalue weighted by Gasteiger charge is 2.27. The Balaban J connectivity index is 1.36. The molecule has 0 aromatic carbocycles. The Morgan fingerprint density at radius 1 is 1.32 bits per heavy atom. The summed E-state index contributed by atoms with van der Waals surface area (Å²) in [6, 6.07) is 4.91. The number of esters is 1. The summed E-state index contributed by atoms with van der Waals surface area (Å²) in [5, 5.41) is 2.86. The molecule has 0 saturated carbocycles. The van der Waals surface area contributed by atoms with E-state index in [1.165, 1.54) is 13.2 Å². The summed E-state index contributed by atoms with van der Waals surface area (Å²) in [6.45, 7) is 5.22. The number of aromatic nitrogens is 2. The van der Waals surface area contributed by atoms with E-state index < -0.39 is 18.0 Å². The van der Waals surface area contributed by atoms with E-state index in [0.717, 1.165) is 18.7 Å². The fourth-order valence-electron chi connectivity index (χ4n) is 3.72. The monoisotopic (exact) mass is 429 g/mol. The van der Waals surface area contributed by atoms with Crippen LogP contribution in [0, 0.1) is 5.95 Å². The predicted octanol–water partition coefficient (Wildman–Crippen LogP) is 1.83. The maximum Gasteiger partial charge on any atom is 0.356 e. The molecule has 2 aliphatic heterocycles. The first kappa shape index (κ1) is 21.0. The van der Waals surface area contributed by atoms with Crippen LogP contribution in [0.5, 0.6) is 5.88 Å². The van der Waals surface area contributed by atoms with Gasteiger partial charge in [0.2, 0.25) is 11.8 Å². The third-order valence-electron chi connectivity index (χ3n) is 5.43. The number of pyridine rings is 2. The maximum absolute atomic E-state index is 14.4. The topological polar surface area (TPSA) is 96.9 Å². The quantitative estimate of drug-likeness (QED) is 0.568. The van der Waals surface area contributed by atoms with Crippen LogP contribution in [0.2, 0.25) is 0 Å². The first-order chi connectivity index (χ1) is 15.0. The average Bonchev–Trinajstić information content (AvgIpc) is 2.78. The number of nitrogens with zero attached hydrogens (tertiary/aromatic N) is 4. The summed E-state index contributed by atoms with van der Waals surface area (Å²) < 4.78 is 24.6. The number of amides is 1. The molecule has 0 spiro atoms. The number of carbonyl (C=O) groups excluding carboxylic acids is 2. The number of piperazine rings is 1. The molecule has 1 saturated heterocycles. The van der Waals surface area contributed by atoms with Crippen molar-refractivity contribution in [1.29, 1.82) is 0 Å². The zero-order valence-corrected chi connectivity index (χ0v) is 17.4. The molecular weight excluding hydrogens is 405 g/mol. The Bertz CT molecular complexity index is 994. The summed E-state index contributed by atoms with van der Waals surface area (Å²) >= 11 is 0. The molecule has 0 radical (unpaired) electrons. The van der Waals surface area contributed by atoms with E-state index >= 15 is 0 Å². The molecular formula is C21H24FN5O4. The minimum absolute atomic E-state index is 0.0522. The van der Waals surface area contributed by atoms with Gasteiger partial charge in [-0.1, -0.05) is 6.92 Å². The molecule has 2 aliphatic rings. The molecule has 164 valence electrons. The molecule has 31 heavy (non-hydrogen) atoms. The van der Waals surface area contributed by atoms with E-state index in [1.54, 1.807) is 12.3 Å². The van der Waals surface area contributed by atoms with Gasteiger partial charge < -0.3 is 19.7 Å². The lowest BCUT2D eigenvalue weighted by Crippen LogP contribution is -2.46. The molecule has 4 heterocycles. The van der Waals surface area contributed by atoms with Crippen LogP contribution in [0.15, 0.2) is 24.4 Å². The van der Waals surface area contributed by atoms with E-state index in [2.05, 4.69) is 24.9 Å². The fraction of sp³-hybridized carbons (Fsp3) is 0.429. The van der Waals surface area contributed by atoms with Crippen LogP contribution >= 0.6 is 0 Å². The van der Waals surface area contributed by atoms with Crippen LogP contribution < -0.4 is 15.0 Å². The van der Waals surface area contributed by atoms with Gasteiger partial charge >= 0.3 is 5.97 Å². The van der Waals surface area contributed by atoms with Crippen LogP contribution in [0.1, 0.15) is 29.4 Å². The second-order valence-electron chi connectivity index (χ2n) is 7.46. The molecule has 2 aromatic rings. The zero-order chi connectivity index (χ0) is 22.0. The van der Waals surface area contributed by atoms with Crippen LogP contribution in [-0.4, -0.2) is 66.1 Å². The van der Waals surface area contributed by atoms with E-state index in [0.29, 0.717) is 43.3 Å². The largest absolute Gasteiger partial charge is 0.464 e. The van der Waals surface area contributed by atoms with Gasteiger partial charge in [0.15, 0.2) is 11.8 Å². The number of carbonyl (C=O) groups is 2. The number of methoxy groups -OCH3 is 1. The average molecular weight is 429 g/mol. The van der Waals surface area contributed by atoms with E-state index in [1.807, 2.05) is 17.9 Å². The Morgan fingerprint density at radius 2 is 2.10 bits per heavy atom. The van der Waals surface area contributed by atoms with Crippen LogP contribution in [0.3, 0.4) is 0 Å². The maximum atomic E-state index is 14.4. The first-order valence-electron chi connectivity index (χ1n) is 10.2. The van der Waals surface area contributed by atoms with Gasteiger partial charge in [0.25, 0.3) is 5.91 Å². The molecule has 10 heteroatoms. The van der Waals surface area contributed by atoms with Gasteiger partial charge in [0.05, 0.1) is 12.8 Å². The van der Waals surface area contributed by atoms with Crippen LogP contribution in [-0.2, 0) is 16.1 Å². The standard InChI is InChI=1S/C21H24FN5O4/c1-3-17-19(28)25-15-10-13(11-23-20(15)31-17)12-26-6-8-27(9-7-26)16-5-4-14(21(29)30-2)24-18(16)22/h4-5,10-11,17H,3,6-9,12H2,1-2H3,(H,25,28). The van der Waals surface area contributed by atoms with Crippen LogP contribution in [0.25, 0.3) is 0 Å². The molecule has 4 rings (SSSR count). The van der Waals surface area contributed by atoms with Crippen molar-refractivity contribution in [3.05, 3.63) is 41.6 Å². The van der Waals surface area contributed by atoms with Gasteiger partial charge in [0.1, 0.15) is 5.69 Å². The van der Waals surface area contributed by atoms with E-state index in [9.17, 15) is 14.0 Å². The van der Waals surface area contributed by atoms with Gasteiger partial charge in [0, 0.05) is 38.9 Å². The molecule has 1 N–H and O–H groups in total. The second-order valence-corrected chi connectivity index (χ2v) is 7.46. The second kappa shape index (κ2) is 8.84. The number of ether oxygens (including phenoxy) is 2. The molecule has 1 fully saturated rings. The first-order valence-corrected chi connectivity index (χ1v) is 10.2.